The Hall–Kier alpha value is -2.38. The summed E-state index contributed by atoms with van der Waals surface area (Å²) in [6.45, 7) is 10.4. The molecule has 7 heteroatoms. The number of anilines is 1. The third-order valence-corrected chi connectivity index (χ3v) is 6.79. The minimum Gasteiger partial charge on any atom is -0.484 e. The number of nitrogens with zero attached hydrogens (tertiary/aromatic N) is 1. The number of para-hydroxylation sites is 1. The maximum Gasteiger partial charge on any atom is 0.262 e. The zero-order valence-corrected chi connectivity index (χ0v) is 18.5. The van der Waals surface area contributed by atoms with Crippen molar-refractivity contribution in [3.05, 3.63) is 53.6 Å². The zero-order chi connectivity index (χ0) is 21.6. The molecule has 2 aromatic rings. The van der Waals surface area contributed by atoms with Crippen molar-refractivity contribution in [1.29, 1.82) is 0 Å². The van der Waals surface area contributed by atoms with Crippen LogP contribution in [-0.4, -0.2) is 38.3 Å². The number of amides is 1. The summed E-state index contributed by atoms with van der Waals surface area (Å²) < 4.78 is 32.0. The lowest BCUT2D eigenvalue weighted by molar-refractivity contribution is -0.118. The van der Waals surface area contributed by atoms with Crippen LogP contribution in [0.15, 0.2) is 47.4 Å². The Morgan fingerprint density at radius 1 is 1.07 bits per heavy atom. The van der Waals surface area contributed by atoms with Gasteiger partial charge in [0.25, 0.3) is 5.91 Å². The van der Waals surface area contributed by atoms with Gasteiger partial charge in [0.1, 0.15) is 5.75 Å². The van der Waals surface area contributed by atoms with Gasteiger partial charge in [0.05, 0.1) is 4.90 Å². The van der Waals surface area contributed by atoms with Crippen molar-refractivity contribution in [3.8, 4) is 5.75 Å². The van der Waals surface area contributed by atoms with Gasteiger partial charge in [-0.05, 0) is 48.2 Å². The van der Waals surface area contributed by atoms with Crippen LogP contribution in [0.3, 0.4) is 0 Å². The smallest absolute Gasteiger partial charge is 0.262 e. The first-order chi connectivity index (χ1) is 13.7. The van der Waals surface area contributed by atoms with Gasteiger partial charge in [0.15, 0.2) is 6.61 Å². The van der Waals surface area contributed by atoms with Crippen LogP contribution in [0.5, 0.6) is 5.75 Å². The normalized spacial score (nSPS) is 11.7. The number of carbonyl (C=O) groups excluding carboxylic acids is 1. The Morgan fingerprint density at radius 3 is 2.24 bits per heavy atom. The van der Waals surface area contributed by atoms with E-state index in [1.165, 1.54) is 16.4 Å². The summed E-state index contributed by atoms with van der Waals surface area (Å²) in [7, 11) is -3.51. The minimum atomic E-state index is -3.51. The molecule has 0 aromatic heterocycles. The average molecular weight is 419 g/mol. The third-order valence-electron chi connectivity index (χ3n) is 4.73. The first kappa shape index (κ1) is 22.9. The number of aryl methyl sites for hydroxylation is 1. The molecule has 1 amide bonds. The van der Waals surface area contributed by atoms with E-state index in [2.05, 4.69) is 19.2 Å². The maximum atomic E-state index is 12.5. The highest BCUT2D eigenvalue weighted by Gasteiger charge is 2.21. The summed E-state index contributed by atoms with van der Waals surface area (Å²) in [5.41, 5.74) is 2.89. The molecule has 0 saturated carbocycles. The van der Waals surface area contributed by atoms with Gasteiger partial charge in [0.2, 0.25) is 10.0 Å². The largest absolute Gasteiger partial charge is 0.484 e. The molecule has 0 aliphatic heterocycles. The Morgan fingerprint density at radius 2 is 1.69 bits per heavy atom. The molecule has 0 atom stereocenters. The molecule has 2 aromatic carbocycles. The quantitative estimate of drug-likeness (QED) is 0.663. The fourth-order valence-electron chi connectivity index (χ4n) is 3.09. The number of benzene rings is 2. The van der Waals surface area contributed by atoms with Crippen molar-refractivity contribution in [1.82, 2.24) is 4.31 Å². The van der Waals surface area contributed by atoms with Crippen LogP contribution in [0, 0.1) is 6.92 Å². The summed E-state index contributed by atoms with van der Waals surface area (Å²) in [6, 6.07) is 12.1. The molecule has 0 radical (unpaired) electrons. The molecule has 2 rings (SSSR count). The first-order valence-corrected chi connectivity index (χ1v) is 11.3. The molecule has 1 N–H and O–H groups in total. The molecule has 0 aliphatic rings. The van der Waals surface area contributed by atoms with Crippen LogP contribution >= 0.6 is 0 Å². The van der Waals surface area contributed by atoms with Gasteiger partial charge in [-0.1, -0.05) is 45.9 Å². The lowest BCUT2D eigenvalue weighted by Crippen LogP contribution is -2.30. The van der Waals surface area contributed by atoms with Crippen LogP contribution in [-0.2, 0) is 14.8 Å². The average Bonchev–Trinajstić information content (AvgIpc) is 2.68. The molecular formula is C22H30N2O4S. The third kappa shape index (κ3) is 5.58. The van der Waals surface area contributed by atoms with Crippen molar-refractivity contribution in [2.45, 2.75) is 45.4 Å². The zero-order valence-electron chi connectivity index (χ0n) is 17.7. The van der Waals surface area contributed by atoms with E-state index in [0.29, 0.717) is 18.8 Å². The molecule has 0 fully saturated rings. The highest BCUT2D eigenvalue weighted by Crippen LogP contribution is 2.27. The Labute approximate surface area is 173 Å². The highest BCUT2D eigenvalue weighted by molar-refractivity contribution is 7.89. The Balaban J connectivity index is 2.04. The first-order valence-electron chi connectivity index (χ1n) is 9.83. The number of hydrogen-bond acceptors (Lipinski definition) is 4. The molecular weight excluding hydrogens is 388 g/mol. The van der Waals surface area contributed by atoms with E-state index < -0.39 is 10.0 Å². The standard InChI is InChI=1S/C22H30N2O4S/c1-6-24(7-2)29(26,27)19-13-11-18(12-14-19)28-15-21(25)23-22-17(5)9-8-10-20(22)16(3)4/h8-14,16H,6-7,15H2,1-5H3,(H,23,25). The number of ether oxygens (including phenoxy) is 1. The van der Waals surface area contributed by atoms with Gasteiger partial charge in [-0.15, -0.1) is 0 Å². The second-order valence-electron chi connectivity index (χ2n) is 7.09. The molecule has 29 heavy (non-hydrogen) atoms. The summed E-state index contributed by atoms with van der Waals surface area (Å²) >= 11 is 0. The number of carbonyl (C=O) groups is 1. The molecule has 0 bridgehead atoms. The number of nitrogens with one attached hydrogen (secondary N) is 1. The van der Waals surface area contributed by atoms with Crippen molar-refractivity contribution in [3.63, 3.8) is 0 Å². The minimum absolute atomic E-state index is 0.159. The van der Waals surface area contributed by atoms with Gasteiger partial charge in [0, 0.05) is 18.8 Å². The van der Waals surface area contributed by atoms with Crippen LogP contribution in [0.1, 0.15) is 44.7 Å². The summed E-state index contributed by atoms with van der Waals surface area (Å²) in [5.74, 6) is 0.458. The van der Waals surface area contributed by atoms with Crippen LogP contribution < -0.4 is 10.1 Å². The van der Waals surface area contributed by atoms with E-state index in [4.69, 9.17) is 4.74 Å². The summed E-state index contributed by atoms with van der Waals surface area (Å²) in [5, 5.41) is 2.93. The fraction of sp³-hybridized carbons (Fsp3) is 0.409. The van der Waals surface area contributed by atoms with E-state index in [0.717, 1.165) is 16.8 Å². The topological polar surface area (TPSA) is 75.7 Å². The van der Waals surface area contributed by atoms with Crippen LogP contribution in [0.2, 0.25) is 0 Å². The van der Waals surface area contributed by atoms with Crippen molar-refractivity contribution in [2.24, 2.45) is 0 Å². The highest BCUT2D eigenvalue weighted by atomic mass is 32.2. The van der Waals surface area contributed by atoms with E-state index in [1.54, 1.807) is 26.0 Å². The summed E-state index contributed by atoms with van der Waals surface area (Å²) in [4.78, 5) is 12.6. The molecule has 0 spiro atoms. The molecule has 0 saturated heterocycles. The van der Waals surface area contributed by atoms with Gasteiger partial charge in [-0.2, -0.15) is 4.31 Å². The molecule has 0 unspecified atom stereocenters. The van der Waals surface area contributed by atoms with Gasteiger partial charge in [-0.3, -0.25) is 4.79 Å². The van der Waals surface area contributed by atoms with Gasteiger partial charge < -0.3 is 10.1 Å². The predicted octanol–water partition coefficient (Wildman–Crippen LogP) is 4.17. The lowest BCUT2D eigenvalue weighted by atomic mass is 9.98. The monoisotopic (exact) mass is 418 g/mol. The second kappa shape index (κ2) is 9.89. The van der Waals surface area contributed by atoms with Gasteiger partial charge in [-0.25, -0.2) is 8.42 Å². The number of rotatable bonds is 9. The molecule has 6 nitrogen and oxygen atoms in total. The van der Waals surface area contributed by atoms with Crippen molar-refractivity contribution in [2.75, 3.05) is 25.0 Å². The van der Waals surface area contributed by atoms with E-state index in [1.807, 2.05) is 25.1 Å². The van der Waals surface area contributed by atoms with Crippen molar-refractivity contribution >= 4 is 21.6 Å². The van der Waals surface area contributed by atoms with Gasteiger partial charge >= 0.3 is 0 Å². The molecule has 0 aliphatic carbocycles. The number of sulfonamides is 1. The molecule has 0 heterocycles. The van der Waals surface area contributed by atoms with E-state index in [-0.39, 0.29) is 23.3 Å². The van der Waals surface area contributed by atoms with Crippen LogP contribution in [0.25, 0.3) is 0 Å². The lowest BCUT2D eigenvalue weighted by Gasteiger charge is -2.18. The SMILES string of the molecule is CCN(CC)S(=O)(=O)c1ccc(OCC(=O)Nc2c(C)cccc2C(C)C)cc1. The summed E-state index contributed by atoms with van der Waals surface area (Å²) in [6.07, 6.45) is 0. The van der Waals surface area contributed by atoms with E-state index >= 15 is 0 Å². The Bertz CT molecular complexity index is 934. The Kier molecular flexibility index (Phi) is 7.81. The van der Waals surface area contributed by atoms with Crippen molar-refractivity contribution < 1.29 is 17.9 Å². The van der Waals surface area contributed by atoms with E-state index in [9.17, 15) is 13.2 Å². The fourth-order valence-corrected chi connectivity index (χ4v) is 4.55. The predicted molar refractivity (Wildman–Crippen MR) is 116 cm³/mol. The number of hydrogen-bond donors (Lipinski definition) is 1. The molecule has 158 valence electrons. The maximum absolute atomic E-state index is 12.5. The second-order valence-corrected chi connectivity index (χ2v) is 9.03. The van der Waals surface area contributed by atoms with Crippen LogP contribution in [0.4, 0.5) is 5.69 Å².